The predicted octanol–water partition coefficient (Wildman–Crippen LogP) is 0.730. The van der Waals surface area contributed by atoms with Gasteiger partial charge in [0.05, 0.1) is 0 Å². The number of aromatic nitrogens is 1. The summed E-state index contributed by atoms with van der Waals surface area (Å²) in [7, 11) is 0. The molecule has 2 atom stereocenters. The lowest BCUT2D eigenvalue weighted by atomic mass is 10.1. The minimum absolute atomic E-state index is 0.0150. The molecule has 5 nitrogen and oxygen atoms in total. The SMILES string of the molecule is Cc1ocnc1C(=O)NC(C)C(C)CO. The van der Waals surface area contributed by atoms with Gasteiger partial charge in [-0.3, -0.25) is 4.79 Å². The number of nitrogens with one attached hydrogen (secondary N) is 1. The van der Waals surface area contributed by atoms with Crippen molar-refractivity contribution in [1.29, 1.82) is 0 Å². The van der Waals surface area contributed by atoms with Crippen LogP contribution < -0.4 is 5.32 Å². The molecule has 0 spiro atoms. The Labute approximate surface area is 88.5 Å². The van der Waals surface area contributed by atoms with Gasteiger partial charge < -0.3 is 14.8 Å². The molecule has 2 unspecified atom stereocenters. The van der Waals surface area contributed by atoms with Crippen molar-refractivity contribution in [2.24, 2.45) is 5.92 Å². The van der Waals surface area contributed by atoms with Crippen molar-refractivity contribution in [3.05, 3.63) is 17.8 Å². The number of hydrogen-bond donors (Lipinski definition) is 2. The van der Waals surface area contributed by atoms with E-state index in [-0.39, 0.29) is 24.5 Å². The topological polar surface area (TPSA) is 75.4 Å². The zero-order chi connectivity index (χ0) is 11.4. The van der Waals surface area contributed by atoms with Crippen LogP contribution in [0.5, 0.6) is 0 Å². The average molecular weight is 212 g/mol. The normalized spacial score (nSPS) is 14.7. The Kier molecular flexibility index (Phi) is 3.85. The summed E-state index contributed by atoms with van der Waals surface area (Å²) in [6.07, 6.45) is 1.24. The van der Waals surface area contributed by atoms with E-state index in [1.807, 2.05) is 13.8 Å². The lowest BCUT2D eigenvalue weighted by Crippen LogP contribution is -2.38. The Morgan fingerprint density at radius 2 is 2.33 bits per heavy atom. The molecule has 0 radical (unpaired) electrons. The molecule has 84 valence electrons. The lowest BCUT2D eigenvalue weighted by molar-refractivity contribution is 0.0910. The van der Waals surface area contributed by atoms with Crippen molar-refractivity contribution in [2.75, 3.05) is 6.61 Å². The molecule has 0 aliphatic heterocycles. The van der Waals surface area contributed by atoms with Crippen molar-refractivity contribution in [3.63, 3.8) is 0 Å². The molecular formula is C10H16N2O3. The summed E-state index contributed by atoms with van der Waals surface area (Å²) in [5.74, 6) is 0.242. The lowest BCUT2D eigenvalue weighted by Gasteiger charge is -2.18. The Balaban J connectivity index is 2.60. The van der Waals surface area contributed by atoms with Gasteiger partial charge in [0.1, 0.15) is 5.76 Å². The van der Waals surface area contributed by atoms with E-state index in [1.165, 1.54) is 6.39 Å². The van der Waals surface area contributed by atoms with Crippen LogP contribution in [0.4, 0.5) is 0 Å². The van der Waals surface area contributed by atoms with Crippen LogP contribution in [0.25, 0.3) is 0 Å². The largest absolute Gasteiger partial charge is 0.448 e. The van der Waals surface area contributed by atoms with Crippen LogP contribution >= 0.6 is 0 Å². The summed E-state index contributed by atoms with van der Waals surface area (Å²) in [4.78, 5) is 15.5. The fourth-order valence-electron chi connectivity index (χ4n) is 1.10. The third-order valence-electron chi connectivity index (χ3n) is 2.46. The summed E-state index contributed by atoms with van der Waals surface area (Å²) >= 11 is 0. The molecule has 1 aromatic rings. The summed E-state index contributed by atoms with van der Waals surface area (Å²) in [6.45, 7) is 5.43. The first-order chi connectivity index (χ1) is 7.06. The number of carbonyl (C=O) groups is 1. The average Bonchev–Trinajstić information content (AvgIpc) is 2.63. The van der Waals surface area contributed by atoms with Crippen molar-refractivity contribution >= 4 is 5.91 Å². The fraction of sp³-hybridized carbons (Fsp3) is 0.600. The molecule has 2 N–H and O–H groups in total. The van der Waals surface area contributed by atoms with Crippen molar-refractivity contribution < 1.29 is 14.3 Å². The highest BCUT2D eigenvalue weighted by Gasteiger charge is 2.18. The van der Waals surface area contributed by atoms with Crippen molar-refractivity contribution in [2.45, 2.75) is 26.8 Å². The number of aliphatic hydroxyl groups is 1. The zero-order valence-electron chi connectivity index (χ0n) is 9.15. The molecule has 1 amide bonds. The predicted molar refractivity (Wildman–Crippen MR) is 54.4 cm³/mol. The summed E-state index contributed by atoms with van der Waals surface area (Å²) in [6, 6.07) is -0.0985. The van der Waals surface area contributed by atoms with Crippen LogP contribution in [0.3, 0.4) is 0 Å². The van der Waals surface area contributed by atoms with Gasteiger partial charge in [-0.2, -0.15) is 0 Å². The van der Waals surface area contributed by atoms with Crippen molar-refractivity contribution in [3.8, 4) is 0 Å². The van der Waals surface area contributed by atoms with E-state index in [0.717, 1.165) is 0 Å². The zero-order valence-corrected chi connectivity index (χ0v) is 9.15. The van der Waals surface area contributed by atoms with Crippen LogP contribution in [0.1, 0.15) is 30.1 Å². The van der Waals surface area contributed by atoms with Gasteiger partial charge in [-0.15, -0.1) is 0 Å². The molecule has 0 bridgehead atoms. The van der Waals surface area contributed by atoms with Crippen LogP contribution in [-0.4, -0.2) is 28.6 Å². The molecule has 15 heavy (non-hydrogen) atoms. The number of carbonyl (C=O) groups excluding carboxylic acids is 1. The standard InChI is InChI=1S/C10H16N2O3/c1-6(4-13)7(2)12-10(14)9-8(3)15-5-11-9/h5-7,13H,4H2,1-3H3,(H,12,14). The fourth-order valence-corrected chi connectivity index (χ4v) is 1.10. The van der Waals surface area contributed by atoms with E-state index in [4.69, 9.17) is 9.52 Å². The molecule has 5 heteroatoms. The molecule has 1 aromatic heterocycles. The van der Waals surface area contributed by atoms with Crippen LogP contribution in [0, 0.1) is 12.8 Å². The molecule has 0 fully saturated rings. The third-order valence-corrected chi connectivity index (χ3v) is 2.46. The third kappa shape index (κ3) is 2.79. The molecule has 1 heterocycles. The van der Waals surface area contributed by atoms with Crippen LogP contribution in [0.15, 0.2) is 10.8 Å². The molecule has 0 aliphatic rings. The second kappa shape index (κ2) is 4.93. The van der Waals surface area contributed by atoms with Gasteiger partial charge in [0.2, 0.25) is 0 Å². The smallest absolute Gasteiger partial charge is 0.273 e. The summed E-state index contributed by atoms with van der Waals surface area (Å²) < 4.78 is 4.93. The monoisotopic (exact) mass is 212 g/mol. The first-order valence-corrected chi connectivity index (χ1v) is 4.88. The van der Waals surface area contributed by atoms with Crippen LogP contribution in [0.2, 0.25) is 0 Å². The Morgan fingerprint density at radius 3 is 2.80 bits per heavy atom. The quantitative estimate of drug-likeness (QED) is 0.771. The first-order valence-electron chi connectivity index (χ1n) is 4.88. The summed E-state index contributed by atoms with van der Waals surface area (Å²) in [5.41, 5.74) is 0.298. The van der Waals surface area contributed by atoms with Crippen LogP contribution in [-0.2, 0) is 0 Å². The Bertz CT molecular complexity index is 335. The molecule has 0 aromatic carbocycles. The van der Waals surface area contributed by atoms with E-state index in [9.17, 15) is 4.79 Å². The Hall–Kier alpha value is -1.36. The number of aryl methyl sites for hydroxylation is 1. The van der Waals surface area contributed by atoms with E-state index in [2.05, 4.69) is 10.3 Å². The van der Waals surface area contributed by atoms with Crippen molar-refractivity contribution in [1.82, 2.24) is 10.3 Å². The maximum absolute atomic E-state index is 11.6. The van der Waals surface area contributed by atoms with E-state index < -0.39 is 0 Å². The van der Waals surface area contributed by atoms with Gasteiger partial charge in [0, 0.05) is 12.6 Å². The second-order valence-corrected chi connectivity index (χ2v) is 3.68. The highest BCUT2D eigenvalue weighted by Crippen LogP contribution is 2.06. The van der Waals surface area contributed by atoms with Gasteiger partial charge >= 0.3 is 0 Å². The summed E-state index contributed by atoms with van der Waals surface area (Å²) in [5, 5.41) is 11.7. The highest BCUT2D eigenvalue weighted by molar-refractivity contribution is 5.93. The second-order valence-electron chi connectivity index (χ2n) is 3.68. The first kappa shape index (κ1) is 11.7. The molecular weight excluding hydrogens is 196 g/mol. The van der Waals surface area contributed by atoms with Gasteiger partial charge in [0.25, 0.3) is 5.91 Å². The number of aliphatic hydroxyl groups excluding tert-OH is 1. The van der Waals surface area contributed by atoms with E-state index in [1.54, 1.807) is 6.92 Å². The number of rotatable bonds is 4. The van der Waals surface area contributed by atoms with Gasteiger partial charge in [-0.05, 0) is 19.8 Å². The van der Waals surface area contributed by atoms with Gasteiger partial charge in [-0.25, -0.2) is 4.98 Å². The maximum atomic E-state index is 11.6. The number of nitrogens with zero attached hydrogens (tertiary/aromatic N) is 1. The molecule has 1 rings (SSSR count). The number of hydrogen-bond acceptors (Lipinski definition) is 4. The van der Waals surface area contributed by atoms with E-state index >= 15 is 0 Å². The highest BCUT2D eigenvalue weighted by atomic mass is 16.3. The molecule has 0 saturated heterocycles. The van der Waals surface area contributed by atoms with Gasteiger partial charge in [-0.1, -0.05) is 6.92 Å². The Morgan fingerprint density at radius 1 is 1.67 bits per heavy atom. The molecule has 0 saturated carbocycles. The molecule has 0 aliphatic carbocycles. The maximum Gasteiger partial charge on any atom is 0.273 e. The minimum atomic E-state index is -0.269. The number of amides is 1. The number of oxazole rings is 1. The minimum Gasteiger partial charge on any atom is -0.448 e. The van der Waals surface area contributed by atoms with E-state index in [0.29, 0.717) is 11.5 Å². The van der Waals surface area contributed by atoms with Gasteiger partial charge in [0.15, 0.2) is 12.1 Å².